The highest BCUT2D eigenvalue weighted by molar-refractivity contribution is 5.92. The van der Waals surface area contributed by atoms with Crippen molar-refractivity contribution in [3.63, 3.8) is 0 Å². The Kier molecular flexibility index (Phi) is 10.1. The van der Waals surface area contributed by atoms with Crippen LogP contribution in [0.2, 0.25) is 0 Å². The number of benzene rings is 1. The molecule has 200 valence electrons. The predicted octanol–water partition coefficient (Wildman–Crippen LogP) is 5.17. The fraction of sp³-hybridized carbons (Fsp3) is 0.250. The highest BCUT2D eigenvalue weighted by Gasteiger charge is 2.17. The summed E-state index contributed by atoms with van der Waals surface area (Å²) in [6.45, 7) is 5.59. The SMILES string of the molecule is Cc1c(CN(C)C(=O)/C=C/c2cnc3c(c2)CNCCN3)oc2cccc(CNc3cccnc3)c12.Cl.Cl. The van der Waals surface area contributed by atoms with Gasteiger partial charge in [-0.3, -0.25) is 9.78 Å². The third kappa shape index (κ3) is 6.64. The van der Waals surface area contributed by atoms with Crippen LogP contribution in [0.25, 0.3) is 17.0 Å². The average molecular weight is 556 g/mol. The highest BCUT2D eigenvalue weighted by atomic mass is 35.5. The van der Waals surface area contributed by atoms with E-state index in [4.69, 9.17) is 4.42 Å². The molecule has 4 heterocycles. The molecule has 1 amide bonds. The zero-order valence-corrected chi connectivity index (χ0v) is 23.0. The van der Waals surface area contributed by atoms with Gasteiger partial charge in [-0.1, -0.05) is 12.1 Å². The molecule has 0 saturated carbocycles. The number of hydrogen-bond donors (Lipinski definition) is 3. The minimum absolute atomic E-state index is 0. The van der Waals surface area contributed by atoms with E-state index in [0.29, 0.717) is 13.1 Å². The summed E-state index contributed by atoms with van der Waals surface area (Å²) >= 11 is 0. The van der Waals surface area contributed by atoms with E-state index in [9.17, 15) is 4.79 Å². The van der Waals surface area contributed by atoms with E-state index in [-0.39, 0.29) is 30.7 Å². The monoisotopic (exact) mass is 554 g/mol. The summed E-state index contributed by atoms with van der Waals surface area (Å²) in [5, 5.41) is 11.2. The molecule has 10 heteroatoms. The van der Waals surface area contributed by atoms with Crippen LogP contribution in [-0.2, 0) is 24.4 Å². The van der Waals surface area contributed by atoms with Gasteiger partial charge >= 0.3 is 0 Å². The van der Waals surface area contributed by atoms with Gasteiger partial charge in [0.15, 0.2) is 0 Å². The van der Waals surface area contributed by atoms with Gasteiger partial charge in [-0.25, -0.2) is 4.98 Å². The molecular weight excluding hydrogens is 523 g/mol. The second-order valence-corrected chi connectivity index (χ2v) is 8.94. The van der Waals surface area contributed by atoms with Crippen molar-refractivity contribution in [2.75, 3.05) is 30.8 Å². The van der Waals surface area contributed by atoms with E-state index in [1.807, 2.05) is 37.3 Å². The van der Waals surface area contributed by atoms with Crippen molar-refractivity contribution in [2.45, 2.75) is 26.6 Å². The van der Waals surface area contributed by atoms with Gasteiger partial charge in [0.2, 0.25) is 5.91 Å². The van der Waals surface area contributed by atoms with Crippen LogP contribution < -0.4 is 16.0 Å². The molecule has 0 fully saturated rings. The van der Waals surface area contributed by atoms with Gasteiger partial charge in [0.25, 0.3) is 0 Å². The van der Waals surface area contributed by atoms with Crippen LogP contribution >= 0.6 is 24.8 Å². The Morgan fingerprint density at radius 2 is 2.05 bits per heavy atom. The van der Waals surface area contributed by atoms with Crippen LogP contribution in [0.15, 0.2) is 65.5 Å². The van der Waals surface area contributed by atoms with Gasteiger partial charge in [-0.15, -0.1) is 24.8 Å². The third-order valence-electron chi connectivity index (χ3n) is 6.36. The second kappa shape index (κ2) is 13.3. The molecule has 1 aromatic carbocycles. The number of aryl methyl sites for hydroxylation is 1. The van der Waals surface area contributed by atoms with Crippen LogP contribution in [0.3, 0.4) is 0 Å². The van der Waals surface area contributed by atoms with Crippen LogP contribution in [0.5, 0.6) is 0 Å². The number of halogens is 2. The normalized spacial score (nSPS) is 12.6. The van der Waals surface area contributed by atoms with E-state index in [2.05, 4.69) is 38.1 Å². The lowest BCUT2D eigenvalue weighted by molar-refractivity contribution is -0.125. The maximum absolute atomic E-state index is 12.9. The van der Waals surface area contributed by atoms with Crippen molar-refractivity contribution in [3.8, 4) is 0 Å². The lowest BCUT2D eigenvalue weighted by atomic mass is 10.1. The molecule has 0 saturated heterocycles. The first-order valence-corrected chi connectivity index (χ1v) is 12.1. The van der Waals surface area contributed by atoms with E-state index < -0.39 is 0 Å². The minimum Gasteiger partial charge on any atom is -0.459 e. The van der Waals surface area contributed by atoms with Crippen LogP contribution in [-0.4, -0.2) is 40.9 Å². The molecule has 38 heavy (non-hydrogen) atoms. The van der Waals surface area contributed by atoms with Gasteiger partial charge in [-0.05, 0) is 48.4 Å². The van der Waals surface area contributed by atoms with Crippen LogP contribution in [0.1, 0.15) is 28.0 Å². The van der Waals surface area contributed by atoms with E-state index in [1.54, 1.807) is 36.6 Å². The molecule has 0 spiro atoms. The number of nitrogens with one attached hydrogen (secondary N) is 3. The number of likely N-dealkylation sites (N-methyl/N-ethyl adjacent to an activating group) is 1. The molecular formula is C28H32Cl2N6O2. The molecule has 3 aromatic heterocycles. The molecule has 0 bridgehead atoms. The Morgan fingerprint density at radius 1 is 1.18 bits per heavy atom. The largest absolute Gasteiger partial charge is 0.459 e. The summed E-state index contributed by atoms with van der Waals surface area (Å²) in [5.41, 5.74) is 5.96. The maximum Gasteiger partial charge on any atom is 0.246 e. The summed E-state index contributed by atoms with van der Waals surface area (Å²) < 4.78 is 6.17. The molecule has 8 nitrogen and oxygen atoms in total. The van der Waals surface area contributed by atoms with Crippen LogP contribution in [0, 0.1) is 6.92 Å². The number of carbonyl (C=O) groups is 1. The molecule has 1 aliphatic heterocycles. The summed E-state index contributed by atoms with van der Waals surface area (Å²) in [7, 11) is 1.79. The maximum atomic E-state index is 12.9. The van der Waals surface area contributed by atoms with Gasteiger partial charge in [-0.2, -0.15) is 0 Å². The van der Waals surface area contributed by atoms with Crippen molar-refractivity contribution in [1.29, 1.82) is 0 Å². The Hall–Kier alpha value is -3.59. The predicted molar refractivity (Wildman–Crippen MR) is 157 cm³/mol. The number of rotatable bonds is 7. The summed E-state index contributed by atoms with van der Waals surface area (Å²) in [5.74, 6) is 1.59. The Labute approximate surface area is 234 Å². The van der Waals surface area contributed by atoms with Crippen molar-refractivity contribution in [3.05, 3.63) is 89.1 Å². The Morgan fingerprint density at radius 3 is 2.87 bits per heavy atom. The molecule has 0 radical (unpaired) electrons. The topological polar surface area (TPSA) is 95.3 Å². The Bertz CT molecular complexity index is 1410. The molecule has 3 N–H and O–H groups in total. The van der Waals surface area contributed by atoms with E-state index in [0.717, 1.165) is 70.1 Å². The highest BCUT2D eigenvalue weighted by Crippen LogP contribution is 2.30. The lowest BCUT2D eigenvalue weighted by Gasteiger charge is -2.14. The first-order chi connectivity index (χ1) is 17.6. The summed E-state index contributed by atoms with van der Waals surface area (Å²) in [6, 6.07) is 12.0. The molecule has 0 aliphatic carbocycles. The molecule has 5 rings (SSSR count). The second-order valence-electron chi connectivity index (χ2n) is 8.94. The quantitative estimate of drug-likeness (QED) is 0.271. The number of nitrogens with zero attached hydrogens (tertiary/aromatic N) is 3. The molecule has 0 atom stereocenters. The lowest BCUT2D eigenvalue weighted by Crippen LogP contribution is -2.24. The number of aromatic nitrogens is 2. The number of carbonyl (C=O) groups excluding carboxylic acids is 1. The van der Waals surface area contributed by atoms with Crippen molar-refractivity contribution in [1.82, 2.24) is 20.2 Å². The number of furan rings is 1. The number of anilines is 2. The summed E-state index contributed by atoms with van der Waals surface area (Å²) in [6.07, 6.45) is 8.74. The molecule has 1 aliphatic rings. The minimum atomic E-state index is -0.0977. The van der Waals surface area contributed by atoms with Gasteiger partial charge in [0, 0.05) is 74.4 Å². The zero-order valence-electron chi connectivity index (χ0n) is 21.4. The van der Waals surface area contributed by atoms with Gasteiger partial charge in [0.05, 0.1) is 12.2 Å². The molecule has 0 unspecified atom stereocenters. The first kappa shape index (κ1) is 29.0. The molecule has 4 aromatic rings. The van der Waals surface area contributed by atoms with Crippen molar-refractivity contribution in [2.24, 2.45) is 0 Å². The van der Waals surface area contributed by atoms with E-state index in [1.165, 1.54) is 0 Å². The van der Waals surface area contributed by atoms with Crippen LogP contribution in [0.4, 0.5) is 11.5 Å². The fourth-order valence-electron chi connectivity index (χ4n) is 4.39. The smallest absolute Gasteiger partial charge is 0.246 e. The number of pyridine rings is 2. The fourth-order valence-corrected chi connectivity index (χ4v) is 4.39. The zero-order chi connectivity index (χ0) is 24.9. The summed E-state index contributed by atoms with van der Waals surface area (Å²) in [4.78, 5) is 23.2. The number of hydrogen-bond acceptors (Lipinski definition) is 7. The number of fused-ring (bicyclic) bond motifs is 2. The standard InChI is InChI=1S/C28H30N6O2.2ClH/c1-19-25(36-24-7-3-5-21(27(19)24)16-32-23-6-4-10-29-17-23)18-34(2)26(35)9-8-20-13-22-15-30-11-12-31-28(22)33-14-20;;/h3-10,13-14,17,30,32H,11-12,15-16,18H2,1-2H3,(H,31,33);2*1H/b9-8+;;. The van der Waals surface area contributed by atoms with Gasteiger partial charge < -0.3 is 25.3 Å². The van der Waals surface area contributed by atoms with Crippen molar-refractivity contribution < 1.29 is 9.21 Å². The van der Waals surface area contributed by atoms with Crippen molar-refractivity contribution >= 4 is 59.3 Å². The third-order valence-corrected chi connectivity index (χ3v) is 6.36. The van der Waals surface area contributed by atoms with Gasteiger partial charge in [0.1, 0.15) is 17.2 Å². The number of amides is 1. The first-order valence-electron chi connectivity index (χ1n) is 12.1. The average Bonchev–Trinajstić information content (AvgIpc) is 3.06. The van der Waals surface area contributed by atoms with E-state index >= 15 is 0 Å². The Balaban J connectivity index is 0.00000200.